The summed E-state index contributed by atoms with van der Waals surface area (Å²) in [6.45, 7) is 5.60. The minimum atomic E-state index is -3.56. The molecule has 0 bridgehead atoms. The van der Waals surface area contributed by atoms with Crippen molar-refractivity contribution in [3.63, 3.8) is 0 Å². The third kappa shape index (κ3) is 4.94. The van der Waals surface area contributed by atoms with Crippen LogP contribution in [0.3, 0.4) is 0 Å². The van der Waals surface area contributed by atoms with Crippen molar-refractivity contribution in [3.8, 4) is 0 Å². The summed E-state index contributed by atoms with van der Waals surface area (Å²) in [6.07, 6.45) is 0. The van der Waals surface area contributed by atoms with Gasteiger partial charge in [-0.15, -0.1) is 0 Å². The third-order valence-electron chi connectivity index (χ3n) is 2.90. The van der Waals surface area contributed by atoms with Gasteiger partial charge in [0.15, 0.2) is 0 Å². The first kappa shape index (κ1) is 16.2. The molecular weight excluding hydrogens is 266 g/mol. The number of likely N-dealkylation sites (N-methyl/N-ethyl adjacent to an activating group) is 1. The van der Waals surface area contributed by atoms with Crippen LogP contribution in [-0.2, 0) is 16.6 Å². The Morgan fingerprint density at radius 3 is 2.63 bits per heavy atom. The molecule has 0 radical (unpaired) electrons. The predicted octanol–water partition coefficient (Wildman–Crippen LogP) is 0.618. The normalized spacial score (nSPS) is 13.9. The molecule has 1 unspecified atom stereocenters. The van der Waals surface area contributed by atoms with E-state index in [1.807, 2.05) is 32.8 Å². The van der Waals surface area contributed by atoms with E-state index in [9.17, 15) is 8.42 Å². The van der Waals surface area contributed by atoms with Crippen LogP contribution in [0.15, 0.2) is 21.6 Å². The molecule has 1 aromatic heterocycles. The highest BCUT2D eigenvalue weighted by molar-refractivity contribution is 7.89. The largest absolute Gasteiger partial charge is 0.447 e. The van der Waals surface area contributed by atoms with Gasteiger partial charge in [0.2, 0.25) is 5.09 Å². The van der Waals surface area contributed by atoms with Crippen molar-refractivity contribution in [1.82, 2.24) is 14.9 Å². The lowest BCUT2D eigenvalue weighted by Crippen LogP contribution is -2.38. The Morgan fingerprint density at radius 1 is 1.37 bits per heavy atom. The van der Waals surface area contributed by atoms with Crippen LogP contribution in [0, 0.1) is 0 Å². The molecule has 0 aliphatic carbocycles. The summed E-state index contributed by atoms with van der Waals surface area (Å²) in [4.78, 5) is 1.95. The number of nitrogens with zero attached hydrogens (tertiary/aromatic N) is 1. The second kappa shape index (κ2) is 7.04. The van der Waals surface area contributed by atoms with Gasteiger partial charge in [0.25, 0.3) is 10.0 Å². The molecule has 19 heavy (non-hydrogen) atoms. The maximum absolute atomic E-state index is 12.0. The van der Waals surface area contributed by atoms with E-state index in [0.29, 0.717) is 18.8 Å². The predicted molar refractivity (Wildman–Crippen MR) is 74.4 cm³/mol. The molecule has 1 atom stereocenters. The van der Waals surface area contributed by atoms with E-state index in [1.54, 1.807) is 6.07 Å². The zero-order valence-corrected chi connectivity index (χ0v) is 12.8. The van der Waals surface area contributed by atoms with Gasteiger partial charge in [-0.3, -0.25) is 0 Å². The van der Waals surface area contributed by atoms with Crippen molar-refractivity contribution in [2.24, 2.45) is 0 Å². The lowest BCUT2D eigenvalue weighted by Gasteiger charge is -2.19. The fourth-order valence-corrected chi connectivity index (χ4v) is 2.40. The molecule has 2 N–H and O–H groups in total. The highest BCUT2D eigenvalue weighted by Gasteiger charge is 2.19. The van der Waals surface area contributed by atoms with Crippen molar-refractivity contribution in [2.45, 2.75) is 31.5 Å². The first-order chi connectivity index (χ1) is 8.86. The average molecular weight is 289 g/mol. The summed E-state index contributed by atoms with van der Waals surface area (Å²) in [5.74, 6) is 0.614. The summed E-state index contributed by atoms with van der Waals surface area (Å²) in [5, 5.41) is 3.04. The summed E-state index contributed by atoms with van der Waals surface area (Å²) in [6, 6.07) is 3.27. The summed E-state index contributed by atoms with van der Waals surface area (Å²) >= 11 is 0. The number of hydrogen-bond donors (Lipinski definition) is 2. The van der Waals surface area contributed by atoms with Gasteiger partial charge in [-0.1, -0.05) is 6.92 Å². The Balaban J connectivity index is 2.64. The van der Waals surface area contributed by atoms with Crippen molar-refractivity contribution >= 4 is 10.0 Å². The van der Waals surface area contributed by atoms with Crippen LogP contribution < -0.4 is 10.0 Å². The highest BCUT2D eigenvalue weighted by atomic mass is 32.2. The fraction of sp³-hybridized carbons (Fsp3) is 0.667. The van der Waals surface area contributed by atoms with Crippen molar-refractivity contribution in [1.29, 1.82) is 0 Å². The first-order valence-electron chi connectivity index (χ1n) is 6.32. The smallest absolute Gasteiger partial charge is 0.274 e. The number of hydrogen-bond acceptors (Lipinski definition) is 5. The number of sulfonamides is 1. The van der Waals surface area contributed by atoms with Gasteiger partial charge in [0.05, 0.1) is 6.54 Å². The lowest BCUT2D eigenvalue weighted by atomic mass is 10.3. The molecule has 110 valence electrons. The second-order valence-electron chi connectivity index (χ2n) is 4.67. The molecule has 0 aliphatic rings. The van der Waals surface area contributed by atoms with Crippen LogP contribution in [-0.4, -0.2) is 46.5 Å². The zero-order chi connectivity index (χ0) is 14.5. The molecule has 0 spiro atoms. The standard InChI is InChI=1S/C12H23N3O3S/c1-5-13-9-11-6-7-12(18-11)19(16,17)14-8-10(2)15(3)4/h6-7,10,13-14H,5,8-9H2,1-4H3. The average Bonchev–Trinajstić information content (AvgIpc) is 2.82. The van der Waals surface area contributed by atoms with Crippen LogP contribution in [0.4, 0.5) is 0 Å². The molecule has 1 rings (SSSR count). The lowest BCUT2D eigenvalue weighted by molar-refractivity contribution is 0.312. The van der Waals surface area contributed by atoms with Gasteiger partial charge in [-0.25, -0.2) is 13.1 Å². The Labute approximate surface area is 115 Å². The molecule has 0 fully saturated rings. The molecule has 1 heterocycles. The zero-order valence-electron chi connectivity index (χ0n) is 11.9. The number of furan rings is 1. The van der Waals surface area contributed by atoms with Crippen LogP contribution in [0.1, 0.15) is 19.6 Å². The third-order valence-corrected chi connectivity index (χ3v) is 4.20. The van der Waals surface area contributed by atoms with E-state index in [2.05, 4.69) is 10.0 Å². The fourth-order valence-electron chi connectivity index (χ4n) is 1.33. The minimum Gasteiger partial charge on any atom is -0.447 e. The van der Waals surface area contributed by atoms with Crippen LogP contribution >= 0.6 is 0 Å². The molecule has 0 amide bonds. The van der Waals surface area contributed by atoms with Gasteiger partial charge in [-0.05, 0) is 39.7 Å². The SMILES string of the molecule is CCNCc1ccc(S(=O)(=O)NCC(C)N(C)C)o1. The van der Waals surface area contributed by atoms with E-state index < -0.39 is 10.0 Å². The molecule has 0 aliphatic heterocycles. The Morgan fingerprint density at radius 2 is 2.05 bits per heavy atom. The first-order valence-corrected chi connectivity index (χ1v) is 7.80. The molecular formula is C12H23N3O3S. The molecule has 6 nitrogen and oxygen atoms in total. The topological polar surface area (TPSA) is 74.6 Å². The van der Waals surface area contributed by atoms with Crippen molar-refractivity contribution in [2.75, 3.05) is 27.2 Å². The van der Waals surface area contributed by atoms with E-state index in [4.69, 9.17) is 4.42 Å². The van der Waals surface area contributed by atoms with Crippen LogP contribution in [0.5, 0.6) is 0 Å². The maximum atomic E-state index is 12.0. The van der Waals surface area contributed by atoms with E-state index in [-0.39, 0.29) is 11.1 Å². The van der Waals surface area contributed by atoms with Gasteiger partial charge >= 0.3 is 0 Å². The van der Waals surface area contributed by atoms with E-state index in [0.717, 1.165) is 6.54 Å². The Bertz CT molecular complexity index is 482. The van der Waals surface area contributed by atoms with Gasteiger partial charge in [0, 0.05) is 12.6 Å². The summed E-state index contributed by atoms with van der Waals surface area (Å²) in [5.41, 5.74) is 0. The van der Waals surface area contributed by atoms with Crippen LogP contribution in [0.2, 0.25) is 0 Å². The van der Waals surface area contributed by atoms with Crippen molar-refractivity contribution in [3.05, 3.63) is 17.9 Å². The number of nitrogens with one attached hydrogen (secondary N) is 2. The molecule has 7 heteroatoms. The quantitative estimate of drug-likeness (QED) is 0.734. The van der Waals surface area contributed by atoms with E-state index >= 15 is 0 Å². The molecule has 0 saturated carbocycles. The maximum Gasteiger partial charge on any atom is 0.274 e. The molecule has 0 aromatic carbocycles. The van der Waals surface area contributed by atoms with Gasteiger partial charge < -0.3 is 14.6 Å². The molecule has 0 saturated heterocycles. The summed E-state index contributed by atoms with van der Waals surface area (Å²) < 4.78 is 31.9. The summed E-state index contributed by atoms with van der Waals surface area (Å²) in [7, 11) is 0.242. The number of rotatable bonds is 8. The Kier molecular flexibility index (Phi) is 5.99. The van der Waals surface area contributed by atoms with Gasteiger partial charge in [-0.2, -0.15) is 0 Å². The molecule has 1 aromatic rings. The second-order valence-corrected chi connectivity index (χ2v) is 6.36. The van der Waals surface area contributed by atoms with E-state index in [1.165, 1.54) is 6.07 Å². The van der Waals surface area contributed by atoms with Crippen LogP contribution in [0.25, 0.3) is 0 Å². The van der Waals surface area contributed by atoms with Crippen molar-refractivity contribution < 1.29 is 12.8 Å². The monoisotopic (exact) mass is 289 g/mol. The highest BCUT2D eigenvalue weighted by Crippen LogP contribution is 2.13. The van der Waals surface area contributed by atoms with Gasteiger partial charge in [0.1, 0.15) is 5.76 Å². The Hall–Kier alpha value is -0.890. The minimum absolute atomic E-state index is 0.0358.